The smallest absolute Gasteiger partial charge is 0.363 e. The Morgan fingerprint density at radius 3 is 2.84 bits per heavy atom. The number of pyridine rings is 1. The average molecular weight is 374 g/mol. The number of esters is 1. The molecule has 128 valence electrons. The van der Waals surface area contributed by atoms with Crippen LogP contribution in [0.1, 0.15) is 29.8 Å². The highest BCUT2D eigenvalue weighted by molar-refractivity contribution is 7.16. The van der Waals surface area contributed by atoms with E-state index in [4.69, 9.17) is 16.3 Å². The molecule has 2 aromatic heterocycles. The molecule has 25 heavy (non-hydrogen) atoms. The Morgan fingerprint density at radius 2 is 2.04 bits per heavy atom. The van der Waals surface area contributed by atoms with E-state index < -0.39 is 5.97 Å². The van der Waals surface area contributed by atoms with Crippen LogP contribution in [0.3, 0.4) is 0 Å². The van der Waals surface area contributed by atoms with Crippen LogP contribution in [-0.4, -0.2) is 29.9 Å². The lowest BCUT2D eigenvalue weighted by molar-refractivity contribution is -0.129. The van der Waals surface area contributed by atoms with Crippen molar-refractivity contribution in [3.05, 3.63) is 51.8 Å². The number of hydrogen-bond acceptors (Lipinski definition) is 6. The van der Waals surface area contributed by atoms with Crippen molar-refractivity contribution in [1.82, 2.24) is 4.98 Å². The van der Waals surface area contributed by atoms with Crippen LogP contribution in [0, 0.1) is 0 Å². The average Bonchev–Trinajstić information content (AvgIpc) is 3.24. The number of cyclic esters (lactones) is 1. The summed E-state index contributed by atoms with van der Waals surface area (Å²) in [6.45, 7) is 2.20. The number of rotatable bonds is 3. The molecule has 0 unspecified atom stereocenters. The number of aliphatic imine (C=N–C) groups is 1. The maximum absolute atomic E-state index is 12.1. The van der Waals surface area contributed by atoms with Gasteiger partial charge in [0.1, 0.15) is 5.69 Å². The molecule has 7 heteroatoms. The molecule has 4 rings (SSSR count). The lowest BCUT2D eigenvalue weighted by atomic mass is 10.1. The van der Waals surface area contributed by atoms with Crippen molar-refractivity contribution in [1.29, 1.82) is 0 Å². The van der Waals surface area contributed by atoms with Crippen molar-refractivity contribution >= 4 is 45.9 Å². The number of thiophene rings is 1. The molecule has 1 saturated heterocycles. The fourth-order valence-corrected chi connectivity index (χ4v) is 4.03. The molecule has 2 aromatic rings. The summed E-state index contributed by atoms with van der Waals surface area (Å²) in [5.41, 5.74) is 0.730. The Morgan fingerprint density at radius 1 is 1.20 bits per heavy atom. The number of carbonyl (C=O) groups excluding carboxylic acids is 1. The normalized spacial score (nSPS) is 19.2. The van der Waals surface area contributed by atoms with E-state index in [-0.39, 0.29) is 11.6 Å². The quantitative estimate of drug-likeness (QED) is 0.599. The third-order valence-corrected chi connectivity index (χ3v) is 5.45. The van der Waals surface area contributed by atoms with Crippen LogP contribution < -0.4 is 4.90 Å². The third-order valence-electron chi connectivity index (χ3n) is 4.12. The summed E-state index contributed by atoms with van der Waals surface area (Å²) in [4.78, 5) is 23.9. The van der Waals surface area contributed by atoms with Crippen LogP contribution in [0.25, 0.3) is 6.08 Å². The molecular weight excluding hydrogens is 358 g/mol. The molecule has 0 bridgehead atoms. The third kappa shape index (κ3) is 3.60. The standard InChI is InChI=1S/C18H16ClN3O2S/c19-12-6-7-20-14(10-12)17-21-15(18(23)24-17)11-13-4-5-16(25-13)22-8-2-1-3-9-22/h4-7,10-11H,1-3,8-9H2/b15-11-. The van der Waals surface area contributed by atoms with Crippen LogP contribution in [0.4, 0.5) is 5.00 Å². The van der Waals surface area contributed by atoms with Gasteiger partial charge >= 0.3 is 5.97 Å². The van der Waals surface area contributed by atoms with E-state index in [0.717, 1.165) is 18.0 Å². The molecule has 0 saturated carbocycles. The summed E-state index contributed by atoms with van der Waals surface area (Å²) in [7, 11) is 0. The van der Waals surface area contributed by atoms with E-state index in [2.05, 4.69) is 20.9 Å². The van der Waals surface area contributed by atoms with Crippen LogP contribution >= 0.6 is 22.9 Å². The Labute approximate surface area is 154 Å². The second kappa shape index (κ2) is 6.98. The number of aromatic nitrogens is 1. The number of nitrogens with zero attached hydrogens (tertiary/aromatic N) is 3. The molecule has 0 N–H and O–H groups in total. The molecule has 4 heterocycles. The fourth-order valence-electron chi connectivity index (χ4n) is 2.88. The highest BCUT2D eigenvalue weighted by Crippen LogP contribution is 2.30. The minimum atomic E-state index is -0.468. The molecule has 0 aromatic carbocycles. The minimum Gasteiger partial charge on any atom is -0.400 e. The maximum Gasteiger partial charge on any atom is 0.363 e. The first-order valence-electron chi connectivity index (χ1n) is 8.18. The number of hydrogen-bond donors (Lipinski definition) is 0. The van der Waals surface area contributed by atoms with E-state index in [1.54, 1.807) is 35.7 Å². The summed E-state index contributed by atoms with van der Waals surface area (Å²) < 4.78 is 5.23. The molecule has 0 radical (unpaired) electrons. The number of carbonyl (C=O) groups is 1. The summed E-state index contributed by atoms with van der Waals surface area (Å²) in [6, 6.07) is 7.40. The predicted octanol–water partition coefficient (Wildman–Crippen LogP) is 4.13. The van der Waals surface area contributed by atoms with Gasteiger partial charge in [-0.15, -0.1) is 11.3 Å². The molecular formula is C18H16ClN3O2S. The van der Waals surface area contributed by atoms with Gasteiger partial charge in [-0.3, -0.25) is 4.98 Å². The van der Waals surface area contributed by atoms with Gasteiger partial charge in [0.2, 0.25) is 5.90 Å². The summed E-state index contributed by atoms with van der Waals surface area (Å²) in [6.07, 6.45) is 7.10. The van der Waals surface area contributed by atoms with Gasteiger partial charge in [0.05, 0.1) is 5.00 Å². The van der Waals surface area contributed by atoms with E-state index in [1.807, 2.05) is 6.07 Å². The van der Waals surface area contributed by atoms with Gasteiger partial charge in [-0.05, 0) is 49.6 Å². The Hall–Kier alpha value is -2.18. The number of piperidine rings is 1. The maximum atomic E-state index is 12.1. The summed E-state index contributed by atoms with van der Waals surface area (Å²) in [5.74, 6) is -0.281. The first-order chi connectivity index (χ1) is 12.2. The topological polar surface area (TPSA) is 54.8 Å². The van der Waals surface area contributed by atoms with Crippen molar-refractivity contribution in [2.75, 3.05) is 18.0 Å². The van der Waals surface area contributed by atoms with Gasteiger partial charge in [0, 0.05) is 29.2 Å². The summed E-state index contributed by atoms with van der Waals surface area (Å²) in [5, 5.41) is 1.75. The first kappa shape index (κ1) is 16.3. The highest BCUT2D eigenvalue weighted by atomic mass is 35.5. The highest BCUT2D eigenvalue weighted by Gasteiger charge is 2.25. The Bertz CT molecular complexity index is 869. The van der Waals surface area contributed by atoms with Crippen LogP contribution in [0.15, 0.2) is 41.2 Å². The second-order valence-corrected chi connectivity index (χ2v) is 7.45. The van der Waals surface area contributed by atoms with Crippen molar-refractivity contribution in [3.63, 3.8) is 0 Å². The molecule has 2 aliphatic rings. The zero-order valence-corrected chi connectivity index (χ0v) is 15.0. The van der Waals surface area contributed by atoms with Gasteiger partial charge in [-0.1, -0.05) is 11.6 Å². The van der Waals surface area contributed by atoms with E-state index in [1.165, 1.54) is 24.3 Å². The number of anilines is 1. The number of ether oxygens (including phenoxy) is 1. The number of halogens is 1. The zero-order valence-electron chi connectivity index (χ0n) is 13.4. The lowest BCUT2D eigenvalue weighted by Gasteiger charge is -2.27. The van der Waals surface area contributed by atoms with Crippen LogP contribution in [0.2, 0.25) is 5.02 Å². The fraction of sp³-hybridized carbons (Fsp3) is 0.278. The summed E-state index contributed by atoms with van der Waals surface area (Å²) >= 11 is 7.61. The monoisotopic (exact) mass is 373 g/mol. The van der Waals surface area contributed by atoms with Gasteiger partial charge in [0.15, 0.2) is 5.70 Å². The van der Waals surface area contributed by atoms with Gasteiger partial charge in [0.25, 0.3) is 0 Å². The van der Waals surface area contributed by atoms with E-state index >= 15 is 0 Å². The minimum absolute atomic E-state index is 0.187. The molecule has 5 nitrogen and oxygen atoms in total. The molecule has 0 amide bonds. The molecule has 0 aliphatic carbocycles. The van der Waals surface area contributed by atoms with E-state index in [0.29, 0.717) is 10.7 Å². The van der Waals surface area contributed by atoms with Gasteiger partial charge in [-0.2, -0.15) is 0 Å². The van der Waals surface area contributed by atoms with Crippen molar-refractivity contribution in [2.24, 2.45) is 4.99 Å². The SMILES string of the molecule is O=C1OC(c2cc(Cl)ccn2)=N/C1=C\c1ccc(N2CCCCC2)s1. The lowest BCUT2D eigenvalue weighted by Crippen LogP contribution is -2.28. The van der Waals surface area contributed by atoms with E-state index in [9.17, 15) is 4.79 Å². The van der Waals surface area contributed by atoms with Crippen LogP contribution in [-0.2, 0) is 9.53 Å². The molecule has 2 aliphatic heterocycles. The van der Waals surface area contributed by atoms with Crippen molar-refractivity contribution in [2.45, 2.75) is 19.3 Å². The molecule has 0 atom stereocenters. The Kier molecular flexibility index (Phi) is 4.55. The second-order valence-electron chi connectivity index (χ2n) is 5.92. The molecule has 0 spiro atoms. The molecule has 1 fully saturated rings. The van der Waals surface area contributed by atoms with Crippen molar-refractivity contribution < 1.29 is 9.53 Å². The Balaban J connectivity index is 1.56. The zero-order chi connectivity index (χ0) is 17.2. The van der Waals surface area contributed by atoms with Gasteiger partial charge in [-0.25, -0.2) is 9.79 Å². The largest absolute Gasteiger partial charge is 0.400 e. The predicted molar refractivity (Wildman–Crippen MR) is 100 cm³/mol. The van der Waals surface area contributed by atoms with Gasteiger partial charge < -0.3 is 9.64 Å². The van der Waals surface area contributed by atoms with Crippen LogP contribution in [0.5, 0.6) is 0 Å². The first-order valence-corrected chi connectivity index (χ1v) is 9.38. The van der Waals surface area contributed by atoms with Crippen molar-refractivity contribution in [3.8, 4) is 0 Å².